The molecule has 3 nitrogen and oxygen atoms in total. The van der Waals surface area contributed by atoms with Crippen LogP contribution in [0.1, 0.15) is 56.0 Å². The molecule has 0 spiro atoms. The predicted molar refractivity (Wildman–Crippen MR) is 116 cm³/mol. The van der Waals surface area contributed by atoms with Crippen molar-refractivity contribution >= 4 is 17.2 Å². The van der Waals surface area contributed by atoms with Crippen molar-refractivity contribution in [3.05, 3.63) is 86.1 Å². The van der Waals surface area contributed by atoms with Gasteiger partial charge in [-0.3, -0.25) is 4.79 Å². The Morgan fingerprint density at radius 1 is 1.04 bits per heavy atom. The number of para-hydroxylation sites is 1. The lowest BCUT2D eigenvalue weighted by atomic mass is 10.0. The summed E-state index contributed by atoms with van der Waals surface area (Å²) in [6.07, 6.45) is 0. The SMILES string of the molecule is Cc1ccc(C(C)NC(=O)c2cc(COc3c(C)cccc3C)cs2)c(C)c1. The first kappa shape index (κ1) is 20.2. The highest BCUT2D eigenvalue weighted by Crippen LogP contribution is 2.25. The Morgan fingerprint density at radius 2 is 1.75 bits per heavy atom. The fourth-order valence-electron chi connectivity index (χ4n) is 3.41. The number of benzene rings is 2. The summed E-state index contributed by atoms with van der Waals surface area (Å²) in [6.45, 7) is 10.7. The van der Waals surface area contributed by atoms with Crippen LogP contribution in [0.25, 0.3) is 0 Å². The van der Waals surface area contributed by atoms with E-state index in [0.29, 0.717) is 11.5 Å². The number of hydrogen-bond donors (Lipinski definition) is 1. The summed E-state index contributed by atoms with van der Waals surface area (Å²) in [5.41, 5.74) is 6.82. The van der Waals surface area contributed by atoms with E-state index in [-0.39, 0.29) is 11.9 Å². The third-order valence-electron chi connectivity index (χ3n) is 4.91. The molecule has 0 saturated carbocycles. The van der Waals surface area contributed by atoms with E-state index in [1.54, 1.807) is 0 Å². The smallest absolute Gasteiger partial charge is 0.261 e. The van der Waals surface area contributed by atoms with Crippen molar-refractivity contribution in [1.29, 1.82) is 0 Å². The summed E-state index contributed by atoms with van der Waals surface area (Å²) in [6, 6.07) is 14.3. The maximum Gasteiger partial charge on any atom is 0.261 e. The zero-order valence-corrected chi connectivity index (χ0v) is 17.9. The second-order valence-electron chi connectivity index (χ2n) is 7.38. The molecule has 0 aliphatic heterocycles. The van der Waals surface area contributed by atoms with Crippen LogP contribution in [-0.2, 0) is 6.61 Å². The molecular weight excluding hydrogens is 366 g/mol. The average molecular weight is 394 g/mol. The van der Waals surface area contributed by atoms with Gasteiger partial charge in [-0.05, 0) is 68.3 Å². The highest BCUT2D eigenvalue weighted by molar-refractivity contribution is 7.12. The molecule has 1 heterocycles. The van der Waals surface area contributed by atoms with Gasteiger partial charge >= 0.3 is 0 Å². The first-order valence-electron chi connectivity index (χ1n) is 9.49. The Kier molecular flexibility index (Phi) is 6.20. The highest BCUT2D eigenvalue weighted by atomic mass is 32.1. The molecule has 1 N–H and O–H groups in total. The van der Waals surface area contributed by atoms with Gasteiger partial charge in [-0.15, -0.1) is 11.3 Å². The van der Waals surface area contributed by atoms with Gasteiger partial charge in [0.15, 0.2) is 0 Å². The van der Waals surface area contributed by atoms with E-state index in [1.807, 2.05) is 50.4 Å². The molecule has 4 heteroatoms. The number of carbonyl (C=O) groups excluding carboxylic acids is 1. The van der Waals surface area contributed by atoms with Crippen molar-refractivity contribution < 1.29 is 9.53 Å². The van der Waals surface area contributed by atoms with Gasteiger partial charge in [-0.1, -0.05) is 42.0 Å². The van der Waals surface area contributed by atoms with Crippen LogP contribution < -0.4 is 10.1 Å². The Hall–Kier alpha value is -2.59. The van der Waals surface area contributed by atoms with Crippen molar-refractivity contribution in [1.82, 2.24) is 5.32 Å². The molecule has 3 aromatic rings. The van der Waals surface area contributed by atoms with Crippen molar-refractivity contribution in [3.8, 4) is 5.75 Å². The second kappa shape index (κ2) is 8.61. The second-order valence-corrected chi connectivity index (χ2v) is 8.30. The third kappa shape index (κ3) is 4.63. The Bertz CT molecular complexity index is 970. The van der Waals surface area contributed by atoms with E-state index in [1.165, 1.54) is 22.5 Å². The van der Waals surface area contributed by atoms with E-state index in [2.05, 4.69) is 37.4 Å². The summed E-state index contributed by atoms with van der Waals surface area (Å²) in [4.78, 5) is 13.4. The maximum absolute atomic E-state index is 12.7. The highest BCUT2D eigenvalue weighted by Gasteiger charge is 2.15. The zero-order chi connectivity index (χ0) is 20.3. The third-order valence-corrected chi connectivity index (χ3v) is 5.89. The first-order chi connectivity index (χ1) is 13.3. The minimum atomic E-state index is -0.0456. The van der Waals surface area contributed by atoms with Gasteiger partial charge in [0.25, 0.3) is 5.91 Å². The van der Waals surface area contributed by atoms with Crippen LogP contribution in [0, 0.1) is 27.7 Å². The van der Waals surface area contributed by atoms with Crippen LogP contribution in [0.3, 0.4) is 0 Å². The van der Waals surface area contributed by atoms with Crippen LogP contribution in [-0.4, -0.2) is 5.91 Å². The average Bonchev–Trinajstić information content (AvgIpc) is 3.10. The lowest BCUT2D eigenvalue weighted by molar-refractivity contribution is 0.0944. The molecule has 1 atom stereocenters. The van der Waals surface area contributed by atoms with E-state index in [4.69, 9.17) is 4.74 Å². The van der Waals surface area contributed by atoms with Crippen molar-refractivity contribution in [2.45, 2.75) is 47.3 Å². The standard InChI is InChI=1S/C24H27NO2S/c1-15-9-10-21(18(4)11-15)19(5)25-24(26)22-12-20(14-28-22)13-27-23-16(2)7-6-8-17(23)3/h6-12,14,19H,13H2,1-5H3,(H,25,26). The summed E-state index contributed by atoms with van der Waals surface area (Å²) < 4.78 is 6.00. The van der Waals surface area contributed by atoms with Crippen LogP contribution in [0.4, 0.5) is 0 Å². The summed E-state index contributed by atoms with van der Waals surface area (Å²) in [5, 5.41) is 5.10. The number of ether oxygens (including phenoxy) is 1. The molecule has 0 saturated heterocycles. The van der Waals surface area contributed by atoms with E-state index in [9.17, 15) is 4.79 Å². The molecule has 1 unspecified atom stereocenters. The molecule has 0 aliphatic rings. The molecule has 2 aromatic carbocycles. The number of amides is 1. The van der Waals surface area contributed by atoms with E-state index < -0.39 is 0 Å². The lowest BCUT2D eigenvalue weighted by Crippen LogP contribution is -2.26. The molecule has 146 valence electrons. The molecule has 3 rings (SSSR count). The van der Waals surface area contributed by atoms with Gasteiger partial charge in [0.1, 0.15) is 12.4 Å². The Labute approximate surface area is 171 Å². The maximum atomic E-state index is 12.7. The number of thiophene rings is 1. The van der Waals surface area contributed by atoms with Gasteiger partial charge in [0.2, 0.25) is 0 Å². The Morgan fingerprint density at radius 3 is 2.43 bits per heavy atom. The first-order valence-corrected chi connectivity index (χ1v) is 10.4. The quantitative estimate of drug-likeness (QED) is 0.553. The van der Waals surface area contributed by atoms with Crippen LogP contribution in [0.2, 0.25) is 0 Å². The van der Waals surface area contributed by atoms with Gasteiger partial charge in [0.05, 0.1) is 10.9 Å². The minimum absolute atomic E-state index is 0.0375. The molecular formula is C24H27NO2S. The summed E-state index contributed by atoms with van der Waals surface area (Å²) >= 11 is 1.45. The largest absolute Gasteiger partial charge is 0.488 e. The fourth-order valence-corrected chi connectivity index (χ4v) is 4.21. The lowest BCUT2D eigenvalue weighted by Gasteiger charge is -2.16. The number of rotatable bonds is 6. The number of hydrogen-bond acceptors (Lipinski definition) is 3. The van der Waals surface area contributed by atoms with Crippen LogP contribution >= 0.6 is 11.3 Å². The van der Waals surface area contributed by atoms with Crippen LogP contribution in [0.15, 0.2) is 47.8 Å². The van der Waals surface area contributed by atoms with Crippen molar-refractivity contribution in [2.24, 2.45) is 0 Å². The number of carbonyl (C=O) groups is 1. The summed E-state index contributed by atoms with van der Waals surface area (Å²) in [7, 11) is 0. The molecule has 0 bridgehead atoms. The predicted octanol–water partition coefficient (Wildman–Crippen LogP) is 6.05. The summed E-state index contributed by atoms with van der Waals surface area (Å²) in [5.74, 6) is 0.874. The monoisotopic (exact) mass is 393 g/mol. The fraction of sp³-hybridized carbons (Fsp3) is 0.292. The van der Waals surface area contributed by atoms with Gasteiger partial charge in [-0.25, -0.2) is 0 Å². The topological polar surface area (TPSA) is 38.3 Å². The van der Waals surface area contributed by atoms with E-state index >= 15 is 0 Å². The normalized spacial score (nSPS) is 11.9. The molecule has 0 fully saturated rings. The molecule has 0 radical (unpaired) electrons. The van der Waals surface area contributed by atoms with Gasteiger partial charge in [0, 0.05) is 5.56 Å². The van der Waals surface area contributed by atoms with Gasteiger partial charge in [-0.2, -0.15) is 0 Å². The Balaban J connectivity index is 1.63. The van der Waals surface area contributed by atoms with E-state index in [0.717, 1.165) is 28.0 Å². The molecule has 1 aromatic heterocycles. The van der Waals surface area contributed by atoms with Gasteiger partial charge < -0.3 is 10.1 Å². The zero-order valence-electron chi connectivity index (χ0n) is 17.1. The van der Waals surface area contributed by atoms with Crippen molar-refractivity contribution in [2.75, 3.05) is 0 Å². The molecule has 0 aliphatic carbocycles. The molecule has 28 heavy (non-hydrogen) atoms. The molecule has 1 amide bonds. The van der Waals surface area contributed by atoms with Crippen LogP contribution in [0.5, 0.6) is 5.75 Å². The van der Waals surface area contributed by atoms with Crippen molar-refractivity contribution in [3.63, 3.8) is 0 Å². The number of nitrogens with one attached hydrogen (secondary N) is 1. The number of aryl methyl sites for hydroxylation is 4. The minimum Gasteiger partial charge on any atom is -0.488 e.